The lowest BCUT2D eigenvalue weighted by atomic mass is 9.65. The summed E-state index contributed by atoms with van der Waals surface area (Å²) in [5.74, 6) is 1.06. The van der Waals surface area contributed by atoms with Gasteiger partial charge in [-0.3, -0.25) is 0 Å². The molecule has 5 aliphatic rings. The Kier molecular flexibility index (Phi) is 3.75. The molecule has 0 bridgehead atoms. The average molecular weight is 646 g/mol. The molecule has 0 N–H and O–H groups in total. The second-order valence-electron chi connectivity index (χ2n) is 13.3. The number of benzene rings is 4. The Balaban J connectivity index is 1.33. The first-order valence-corrected chi connectivity index (χ1v) is 16.1. The van der Waals surface area contributed by atoms with Gasteiger partial charge >= 0.3 is 29.1 Å². The zero-order chi connectivity index (χ0) is 32.2. The van der Waals surface area contributed by atoms with E-state index in [0.29, 0.717) is 28.7 Å². The number of nitrogens with zero attached hydrogens (tertiary/aromatic N) is 6. The van der Waals surface area contributed by atoms with Gasteiger partial charge in [0.25, 0.3) is 0 Å². The Labute approximate surface area is 274 Å². The second-order valence-corrected chi connectivity index (χ2v) is 13.3. The number of hydrogen-bond acceptors (Lipinski definition) is 2. The number of halogens is 3. The van der Waals surface area contributed by atoms with E-state index in [2.05, 4.69) is 88.5 Å². The van der Waals surface area contributed by atoms with Gasteiger partial charge in [-0.15, -0.1) is 5.10 Å². The van der Waals surface area contributed by atoms with Gasteiger partial charge in [0.1, 0.15) is 10.2 Å². The molecule has 0 fully saturated rings. The summed E-state index contributed by atoms with van der Waals surface area (Å²) in [6.45, 7) is 0. The van der Waals surface area contributed by atoms with Crippen LogP contribution in [0.3, 0.4) is 0 Å². The molecule has 10 heteroatoms. The van der Waals surface area contributed by atoms with Gasteiger partial charge in [0.05, 0.1) is 16.9 Å². The monoisotopic (exact) mass is 645 g/mol. The molecule has 1 atom stereocenters. The minimum absolute atomic E-state index is 0.308. The third kappa shape index (κ3) is 2.32. The quantitative estimate of drug-likeness (QED) is 0.128. The molecule has 230 valence electrons. The molecule has 49 heavy (non-hydrogen) atoms. The third-order valence-electron chi connectivity index (χ3n) is 11.3. The normalized spacial score (nSPS) is 18.5. The molecule has 7 nitrogen and oxygen atoms in total. The van der Waals surface area contributed by atoms with Crippen LogP contribution in [0, 0.1) is 0 Å². The highest BCUT2D eigenvalue weighted by Crippen LogP contribution is 2.64. The largest absolute Gasteiger partial charge is 0.438 e. The molecule has 4 aromatic carbocycles. The lowest BCUT2D eigenvalue weighted by Crippen LogP contribution is -2.89. The number of para-hydroxylation sites is 1. The van der Waals surface area contributed by atoms with Crippen molar-refractivity contribution in [3.05, 3.63) is 149 Å². The third-order valence-corrected chi connectivity index (χ3v) is 11.3. The summed E-state index contributed by atoms with van der Waals surface area (Å²) in [7, 11) is 0. The Morgan fingerprint density at radius 3 is 2.27 bits per heavy atom. The minimum atomic E-state index is -4.64. The molecule has 0 saturated heterocycles. The van der Waals surface area contributed by atoms with Crippen LogP contribution in [0.1, 0.15) is 27.9 Å². The van der Waals surface area contributed by atoms with Crippen LogP contribution in [0.2, 0.25) is 0 Å². The number of ether oxygens (including phenoxy) is 1. The molecule has 2 spiro atoms. The number of hydrogen-bond donors (Lipinski definition) is 0. The second kappa shape index (κ2) is 7.40. The summed E-state index contributed by atoms with van der Waals surface area (Å²) in [4.78, 5) is 1.21. The fraction of sp³-hybridized carbons (Fsp3) is 0.0513. The smallest absolute Gasteiger partial charge is 0.394 e. The predicted octanol–water partition coefficient (Wildman–Crippen LogP) is 7.35. The van der Waals surface area contributed by atoms with E-state index >= 15 is 0 Å². The van der Waals surface area contributed by atoms with Crippen molar-refractivity contribution in [3.63, 3.8) is 0 Å². The molecule has 0 radical (unpaired) electrons. The van der Waals surface area contributed by atoms with E-state index in [0.717, 1.165) is 44.8 Å². The van der Waals surface area contributed by atoms with Gasteiger partial charge in [-0.05, 0) is 58.7 Å². The van der Waals surface area contributed by atoms with Crippen LogP contribution in [0.25, 0.3) is 50.1 Å². The summed E-state index contributed by atoms with van der Waals surface area (Å²) in [5.41, 5.74) is 9.66. The molecule has 13 rings (SSSR count). The van der Waals surface area contributed by atoms with Crippen LogP contribution in [0.4, 0.5) is 18.9 Å². The van der Waals surface area contributed by atoms with E-state index in [1.807, 2.05) is 45.9 Å². The lowest BCUT2D eigenvalue weighted by Gasteiger charge is -2.39. The number of rotatable bonds is 0. The van der Waals surface area contributed by atoms with Gasteiger partial charge in [-0.2, -0.15) is 17.7 Å². The van der Waals surface area contributed by atoms with Crippen LogP contribution in [-0.4, -0.2) is 14.5 Å². The molecule has 0 saturated carbocycles. The zero-order valence-electron chi connectivity index (χ0n) is 25.3. The van der Waals surface area contributed by atoms with Crippen LogP contribution in [0.15, 0.2) is 121 Å². The topological polar surface area (TPSA) is 39.7 Å². The van der Waals surface area contributed by atoms with Gasteiger partial charge < -0.3 is 4.74 Å². The van der Waals surface area contributed by atoms with Crippen molar-refractivity contribution in [1.29, 1.82) is 0 Å². The summed E-state index contributed by atoms with van der Waals surface area (Å²) in [6, 6.07) is 38.6. The van der Waals surface area contributed by atoms with E-state index in [1.165, 1.54) is 27.0 Å². The molecular formula is C39H20F3N6O+3. The SMILES string of the molecule is FC(F)(F)c1cc2n(n1)[N+]13c4c(ccc5c4-n4c6c(cccc6c6ccc[n+]1c64)C51c4ccccc4-c4ccccc41)Oc1cccc-2[n+]13. The van der Waals surface area contributed by atoms with Crippen LogP contribution < -0.4 is 18.9 Å². The van der Waals surface area contributed by atoms with Crippen molar-refractivity contribution >= 4 is 27.6 Å². The number of alkyl halides is 3. The molecule has 1 unspecified atom stereocenters. The number of pyridine rings is 2. The van der Waals surface area contributed by atoms with Crippen molar-refractivity contribution in [3.8, 4) is 39.8 Å². The van der Waals surface area contributed by atoms with E-state index < -0.39 is 17.3 Å². The van der Waals surface area contributed by atoms with E-state index in [1.54, 1.807) is 0 Å². The summed E-state index contributed by atoms with van der Waals surface area (Å²) >= 11 is 0. The van der Waals surface area contributed by atoms with Gasteiger partial charge in [0.2, 0.25) is 21.9 Å². The van der Waals surface area contributed by atoms with Gasteiger partial charge in [-0.1, -0.05) is 60.7 Å². The number of fused-ring (bicyclic) bond motifs is 10. The minimum Gasteiger partial charge on any atom is -0.394 e. The average Bonchev–Trinajstić information content (AvgIpc) is 3.86. The maximum absolute atomic E-state index is 14.5. The lowest BCUT2D eigenvalue weighted by molar-refractivity contribution is -1.05. The van der Waals surface area contributed by atoms with Crippen LogP contribution >= 0.6 is 0 Å². The fourth-order valence-corrected chi connectivity index (χ4v) is 9.83. The van der Waals surface area contributed by atoms with Crippen LogP contribution in [-0.2, 0) is 11.6 Å². The Morgan fingerprint density at radius 2 is 1.47 bits per heavy atom. The highest BCUT2D eigenvalue weighted by Gasteiger charge is 2.73. The van der Waals surface area contributed by atoms with E-state index in [9.17, 15) is 13.2 Å². The van der Waals surface area contributed by atoms with Crippen molar-refractivity contribution in [2.75, 3.05) is 0 Å². The molecule has 4 aliphatic heterocycles. The number of aromatic nitrogens is 5. The first kappa shape index (κ1) is 24.9. The first-order chi connectivity index (χ1) is 23.9. The summed E-state index contributed by atoms with van der Waals surface area (Å²) in [6.07, 6.45) is -2.70. The highest BCUT2D eigenvalue weighted by atomic mass is 19.4. The molecule has 8 aromatic rings. The van der Waals surface area contributed by atoms with Crippen molar-refractivity contribution in [2.45, 2.75) is 11.6 Å². The molecule has 4 aromatic heterocycles. The molecule has 8 heterocycles. The zero-order valence-corrected chi connectivity index (χ0v) is 25.3. The summed E-state index contributed by atoms with van der Waals surface area (Å²) in [5, 5.41) is 6.46. The van der Waals surface area contributed by atoms with Crippen molar-refractivity contribution < 1.29 is 27.3 Å². The molecule has 0 amide bonds. The van der Waals surface area contributed by atoms with Gasteiger partial charge in [0.15, 0.2) is 11.9 Å². The molecular weight excluding hydrogens is 625 g/mol. The van der Waals surface area contributed by atoms with Gasteiger partial charge in [0, 0.05) is 38.1 Å². The Morgan fingerprint density at radius 1 is 0.735 bits per heavy atom. The van der Waals surface area contributed by atoms with Gasteiger partial charge in [-0.25, -0.2) is 0 Å². The predicted molar refractivity (Wildman–Crippen MR) is 173 cm³/mol. The highest BCUT2D eigenvalue weighted by molar-refractivity contribution is 6.12. The van der Waals surface area contributed by atoms with Crippen molar-refractivity contribution in [2.24, 2.45) is 0 Å². The fourth-order valence-electron chi connectivity index (χ4n) is 9.83. The maximum Gasteiger partial charge on any atom is 0.438 e. The van der Waals surface area contributed by atoms with E-state index in [4.69, 9.17) is 4.74 Å². The van der Waals surface area contributed by atoms with Crippen molar-refractivity contribution in [1.82, 2.24) is 19.3 Å². The van der Waals surface area contributed by atoms with E-state index in [-0.39, 0.29) is 4.81 Å². The first-order valence-electron chi connectivity index (χ1n) is 16.1. The Bertz CT molecular complexity index is 2890. The molecule has 1 aliphatic carbocycles. The maximum atomic E-state index is 14.5. The standard InChI is InChI=1S/C39H20F3N6O/c40-39(41,42)32-20-30-29-15-6-16-33-46(29)48(47(30)43-32)36-31(49-33)18-17-28-35(36)45-34-23(24-11-7-19-44(48)37(24)45)10-5-14-27(34)38(28)25-12-3-1-8-21(25)22-9-2-4-13-26(22)38/h1-20H/q+3. The Hall–Kier alpha value is -6.26. The summed E-state index contributed by atoms with van der Waals surface area (Å²) < 4.78 is 56.5. The number of quaternary nitrogens is 1. The van der Waals surface area contributed by atoms with Crippen LogP contribution in [0.5, 0.6) is 11.6 Å².